The summed E-state index contributed by atoms with van der Waals surface area (Å²) in [6, 6.07) is 7.55. The maximum atomic E-state index is 12.1. The molecule has 1 atom stereocenters. The third-order valence-electron chi connectivity index (χ3n) is 3.62. The van der Waals surface area contributed by atoms with Crippen LogP contribution in [0.25, 0.3) is 6.08 Å². The van der Waals surface area contributed by atoms with Gasteiger partial charge in [0.05, 0.1) is 0 Å². The lowest BCUT2D eigenvalue weighted by atomic mass is 10.0. The molecule has 1 aromatic rings. The Hall–Kier alpha value is -1.77. The summed E-state index contributed by atoms with van der Waals surface area (Å²) in [7, 11) is 0. The standard InChI is InChI=1S/C16H22N2O/c1-2-4-14-9-10-18(12-14)16(19)8-7-13-5-3-6-15(17)11-13/h3,5-8,11,14H,2,4,9-10,12,17H2,1H3/b8-7+. The van der Waals surface area contributed by atoms with Gasteiger partial charge in [0.15, 0.2) is 0 Å². The van der Waals surface area contributed by atoms with Crippen LogP contribution in [0.4, 0.5) is 5.69 Å². The van der Waals surface area contributed by atoms with E-state index in [1.54, 1.807) is 6.08 Å². The highest BCUT2D eigenvalue weighted by Crippen LogP contribution is 2.21. The van der Waals surface area contributed by atoms with E-state index >= 15 is 0 Å². The van der Waals surface area contributed by atoms with Crippen LogP contribution in [0.15, 0.2) is 30.3 Å². The van der Waals surface area contributed by atoms with Gasteiger partial charge in [-0.2, -0.15) is 0 Å². The molecule has 0 bridgehead atoms. The van der Waals surface area contributed by atoms with Crippen molar-refractivity contribution in [3.8, 4) is 0 Å². The van der Waals surface area contributed by atoms with E-state index in [-0.39, 0.29) is 5.91 Å². The van der Waals surface area contributed by atoms with Gasteiger partial charge in [-0.25, -0.2) is 0 Å². The van der Waals surface area contributed by atoms with Crippen molar-refractivity contribution in [1.29, 1.82) is 0 Å². The van der Waals surface area contributed by atoms with E-state index < -0.39 is 0 Å². The third kappa shape index (κ3) is 3.85. The van der Waals surface area contributed by atoms with Crippen molar-refractivity contribution < 1.29 is 4.79 Å². The minimum absolute atomic E-state index is 0.112. The first kappa shape index (κ1) is 13.7. The van der Waals surface area contributed by atoms with Crippen molar-refractivity contribution >= 4 is 17.7 Å². The molecule has 1 unspecified atom stereocenters. The summed E-state index contributed by atoms with van der Waals surface area (Å²) < 4.78 is 0. The van der Waals surface area contributed by atoms with E-state index in [1.807, 2.05) is 35.2 Å². The van der Waals surface area contributed by atoms with E-state index in [4.69, 9.17) is 5.73 Å². The molecule has 2 N–H and O–H groups in total. The molecule has 19 heavy (non-hydrogen) atoms. The Labute approximate surface area is 115 Å². The number of amides is 1. The molecule has 0 spiro atoms. The van der Waals surface area contributed by atoms with Crippen molar-refractivity contribution in [2.24, 2.45) is 5.92 Å². The first-order valence-electron chi connectivity index (χ1n) is 7.01. The lowest BCUT2D eigenvalue weighted by Gasteiger charge is -2.13. The Morgan fingerprint density at radius 1 is 1.53 bits per heavy atom. The number of nitrogens with two attached hydrogens (primary N) is 1. The summed E-state index contributed by atoms with van der Waals surface area (Å²) in [6.07, 6.45) is 7.06. The highest BCUT2D eigenvalue weighted by Gasteiger charge is 2.23. The van der Waals surface area contributed by atoms with Crippen LogP contribution in [0.5, 0.6) is 0 Å². The van der Waals surface area contributed by atoms with Crippen LogP contribution >= 0.6 is 0 Å². The first-order chi connectivity index (χ1) is 9.19. The minimum Gasteiger partial charge on any atom is -0.399 e. The number of benzene rings is 1. The summed E-state index contributed by atoms with van der Waals surface area (Å²) in [4.78, 5) is 14.0. The molecule has 3 nitrogen and oxygen atoms in total. The monoisotopic (exact) mass is 258 g/mol. The minimum atomic E-state index is 0.112. The van der Waals surface area contributed by atoms with E-state index in [0.717, 1.165) is 30.8 Å². The zero-order valence-electron chi connectivity index (χ0n) is 11.5. The van der Waals surface area contributed by atoms with Gasteiger partial charge >= 0.3 is 0 Å². The molecule has 1 fully saturated rings. The Bertz CT molecular complexity index is 468. The molecule has 2 rings (SSSR count). The Kier molecular flexibility index (Phi) is 4.61. The van der Waals surface area contributed by atoms with Crippen LogP contribution in [-0.2, 0) is 4.79 Å². The van der Waals surface area contributed by atoms with Crippen LogP contribution < -0.4 is 5.73 Å². The van der Waals surface area contributed by atoms with Crippen molar-refractivity contribution in [2.75, 3.05) is 18.8 Å². The Morgan fingerprint density at radius 2 is 2.37 bits per heavy atom. The molecule has 0 radical (unpaired) electrons. The molecule has 1 aliphatic heterocycles. The van der Waals surface area contributed by atoms with Crippen LogP contribution in [0.2, 0.25) is 0 Å². The molecule has 1 aromatic carbocycles. The third-order valence-corrected chi connectivity index (χ3v) is 3.62. The zero-order valence-corrected chi connectivity index (χ0v) is 11.5. The number of anilines is 1. The molecule has 1 heterocycles. The van der Waals surface area contributed by atoms with Crippen LogP contribution in [-0.4, -0.2) is 23.9 Å². The average Bonchev–Trinajstić information content (AvgIpc) is 2.85. The summed E-state index contributed by atoms with van der Waals surface area (Å²) in [5.41, 5.74) is 7.40. The van der Waals surface area contributed by atoms with Gasteiger partial charge in [0.25, 0.3) is 0 Å². The van der Waals surface area contributed by atoms with Gasteiger partial charge in [0.1, 0.15) is 0 Å². The topological polar surface area (TPSA) is 46.3 Å². The fraction of sp³-hybridized carbons (Fsp3) is 0.438. The van der Waals surface area contributed by atoms with Crippen LogP contribution in [0.1, 0.15) is 31.7 Å². The lowest BCUT2D eigenvalue weighted by molar-refractivity contribution is -0.125. The van der Waals surface area contributed by atoms with Gasteiger partial charge in [-0.05, 0) is 42.5 Å². The maximum absolute atomic E-state index is 12.1. The molecular weight excluding hydrogens is 236 g/mol. The van der Waals surface area contributed by atoms with Crippen LogP contribution in [0.3, 0.4) is 0 Å². The number of hydrogen-bond donors (Lipinski definition) is 1. The summed E-state index contributed by atoms with van der Waals surface area (Å²) >= 11 is 0. The molecule has 3 heteroatoms. The van der Waals surface area contributed by atoms with Gasteiger partial charge in [-0.3, -0.25) is 4.79 Å². The second-order valence-corrected chi connectivity index (χ2v) is 5.23. The van der Waals surface area contributed by atoms with E-state index in [2.05, 4.69) is 6.92 Å². The van der Waals surface area contributed by atoms with Crippen molar-refractivity contribution in [1.82, 2.24) is 4.90 Å². The molecule has 1 aliphatic rings. The normalized spacial score (nSPS) is 19.2. The smallest absolute Gasteiger partial charge is 0.246 e. The number of likely N-dealkylation sites (tertiary alicyclic amines) is 1. The Morgan fingerprint density at radius 3 is 3.11 bits per heavy atom. The van der Waals surface area contributed by atoms with Gasteiger partial charge in [0.2, 0.25) is 5.91 Å². The summed E-state index contributed by atoms with van der Waals surface area (Å²) in [5, 5.41) is 0. The van der Waals surface area contributed by atoms with Crippen molar-refractivity contribution in [3.63, 3.8) is 0 Å². The fourth-order valence-electron chi connectivity index (χ4n) is 2.61. The van der Waals surface area contributed by atoms with Gasteiger partial charge < -0.3 is 10.6 Å². The molecular formula is C16H22N2O. The SMILES string of the molecule is CCCC1CCN(C(=O)/C=C/c2cccc(N)c2)C1. The predicted molar refractivity (Wildman–Crippen MR) is 79.5 cm³/mol. The first-order valence-corrected chi connectivity index (χ1v) is 7.01. The maximum Gasteiger partial charge on any atom is 0.246 e. The number of rotatable bonds is 4. The second-order valence-electron chi connectivity index (χ2n) is 5.23. The van der Waals surface area contributed by atoms with Gasteiger partial charge in [-0.15, -0.1) is 0 Å². The lowest BCUT2D eigenvalue weighted by Crippen LogP contribution is -2.26. The molecule has 102 valence electrons. The summed E-state index contributed by atoms with van der Waals surface area (Å²) in [5.74, 6) is 0.802. The molecule has 1 saturated heterocycles. The molecule has 0 aliphatic carbocycles. The van der Waals surface area contributed by atoms with Gasteiger partial charge in [-0.1, -0.05) is 25.5 Å². The van der Waals surface area contributed by atoms with Crippen molar-refractivity contribution in [3.05, 3.63) is 35.9 Å². The molecule has 0 saturated carbocycles. The number of carbonyl (C=O) groups is 1. The fourth-order valence-corrected chi connectivity index (χ4v) is 2.61. The highest BCUT2D eigenvalue weighted by atomic mass is 16.2. The quantitative estimate of drug-likeness (QED) is 0.666. The predicted octanol–water partition coefficient (Wildman–Crippen LogP) is 2.93. The van der Waals surface area contributed by atoms with E-state index in [9.17, 15) is 4.79 Å². The van der Waals surface area contributed by atoms with Gasteiger partial charge in [0, 0.05) is 24.9 Å². The van der Waals surface area contributed by atoms with E-state index in [0.29, 0.717) is 5.92 Å². The largest absolute Gasteiger partial charge is 0.399 e. The molecule has 0 aromatic heterocycles. The van der Waals surface area contributed by atoms with Crippen molar-refractivity contribution in [2.45, 2.75) is 26.2 Å². The number of carbonyl (C=O) groups excluding carboxylic acids is 1. The zero-order chi connectivity index (χ0) is 13.7. The average molecular weight is 258 g/mol. The van der Waals surface area contributed by atoms with E-state index in [1.165, 1.54) is 12.8 Å². The second kappa shape index (κ2) is 6.41. The number of nitrogens with zero attached hydrogens (tertiary/aromatic N) is 1. The number of hydrogen-bond acceptors (Lipinski definition) is 2. The number of nitrogen functional groups attached to an aromatic ring is 1. The molecule has 1 amide bonds. The Balaban J connectivity index is 1.91. The summed E-state index contributed by atoms with van der Waals surface area (Å²) in [6.45, 7) is 4.00. The highest BCUT2D eigenvalue weighted by molar-refractivity contribution is 5.92. The van der Waals surface area contributed by atoms with Crippen LogP contribution in [0, 0.1) is 5.92 Å².